The summed E-state index contributed by atoms with van der Waals surface area (Å²) in [5.74, 6) is 0. The zero-order valence-electron chi connectivity index (χ0n) is 9.82. The number of rotatable bonds is 2. The van der Waals surface area contributed by atoms with E-state index in [1.165, 1.54) is 0 Å². The summed E-state index contributed by atoms with van der Waals surface area (Å²) < 4.78 is 5.31. The smallest absolute Gasteiger partial charge is 0.321 e. The zero-order chi connectivity index (χ0) is 12.3. The van der Waals surface area contributed by atoms with Crippen LogP contribution in [0.25, 0.3) is 0 Å². The van der Waals surface area contributed by atoms with Crippen LogP contribution in [0.15, 0.2) is 18.2 Å². The van der Waals surface area contributed by atoms with Gasteiger partial charge in [-0.15, -0.1) is 0 Å². The number of hydrogen-bond donors (Lipinski definition) is 3. The molecule has 0 aliphatic carbocycles. The molecule has 2 amide bonds. The molecule has 0 bridgehead atoms. The van der Waals surface area contributed by atoms with Gasteiger partial charge in [0.25, 0.3) is 0 Å². The van der Waals surface area contributed by atoms with E-state index < -0.39 is 0 Å². The van der Waals surface area contributed by atoms with Crippen LogP contribution in [0.5, 0.6) is 0 Å². The lowest BCUT2D eigenvalue weighted by atomic mass is 10.2. The van der Waals surface area contributed by atoms with E-state index in [0.717, 1.165) is 18.4 Å². The Hall–Kier alpha value is -1.75. The van der Waals surface area contributed by atoms with Gasteiger partial charge in [0.1, 0.15) is 6.23 Å². The Bertz CT molecular complexity index is 414. The van der Waals surface area contributed by atoms with Crippen molar-refractivity contribution in [3.63, 3.8) is 0 Å². The molecule has 5 heteroatoms. The first-order chi connectivity index (χ1) is 8.15. The van der Waals surface area contributed by atoms with Gasteiger partial charge in [-0.3, -0.25) is 0 Å². The largest absolute Gasteiger partial charge is 0.397 e. The van der Waals surface area contributed by atoms with E-state index in [4.69, 9.17) is 10.5 Å². The van der Waals surface area contributed by atoms with Gasteiger partial charge in [-0.1, -0.05) is 6.07 Å². The molecule has 1 aromatic carbocycles. The third-order valence-electron chi connectivity index (χ3n) is 2.68. The molecule has 0 aromatic heterocycles. The van der Waals surface area contributed by atoms with Gasteiger partial charge < -0.3 is 21.1 Å². The summed E-state index contributed by atoms with van der Waals surface area (Å²) >= 11 is 0. The molecule has 1 saturated heterocycles. The minimum atomic E-state index is -0.285. The fourth-order valence-electron chi connectivity index (χ4n) is 1.79. The molecule has 4 N–H and O–H groups in total. The summed E-state index contributed by atoms with van der Waals surface area (Å²) in [4.78, 5) is 11.6. The van der Waals surface area contributed by atoms with Crippen molar-refractivity contribution in [3.8, 4) is 0 Å². The summed E-state index contributed by atoms with van der Waals surface area (Å²) in [6.45, 7) is 2.66. The van der Waals surface area contributed by atoms with Crippen LogP contribution in [0.4, 0.5) is 16.2 Å². The van der Waals surface area contributed by atoms with Gasteiger partial charge >= 0.3 is 6.03 Å². The summed E-state index contributed by atoms with van der Waals surface area (Å²) in [6.07, 6.45) is 1.66. The highest BCUT2D eigenvalue weighted by Crippen LogP contribution is 2.19. The minimum absolute atomic E-state index is 0.179. The molecule has 1 atom stereocenters. The van der Waals surface area contributed by atoms with Crippen molar-refractivity contribution in [1.29, 1.82) is 0 Å². The lowest BCUT2D eigenvalue weighted by Crippen LogP contribution is -2.37. The number of amides is 2. The quantitative estimate of drug-likeness (QED) is 0.684. The molecule has 5 nitrogen and oxygen atoms in total. The van der Waals surface area contributed by atoms with Crippen molar-refractivity contribution < 1.29 is 9.53 Å². The molecule has 1 aliphatic rings. The third kappa shape index (κ3) is 3.10. The molecule has 1 aromatic rings. The number of hydrogen-bond acceptors (Lipinski definition) is 3. The first-order valence-corrected chi connectivity index (χ1v) is 5.70. The number of nitrogens with one attached hydrogen (secondary N) is 2. The van der Waals surface area contributed by atoms with Crippen LogP contribution in [0, 0.1) is 6.92 Å². The predicted molar refractivity (Wildman–Crippen MR) is 66.7 cm³/mol. The summed E-state index contributed by atoms with van der Waals surface area (Å²) in [5, 5.41) is 5.45. The monoisotopic (exact) mass is 235 g/mol. The van der Waals surface area contributed by atoms with Gasteiger partial charge in [-0.05, 0) is 37.5 Å². The topological polar surface area (TPSA) is 76.4 Å². The number of nitrogens with two attached hydrogens (primary N) is 1. The molecular formula is C12H17N3O2. The number of benzene rings is 1. The van der Waals surface area contributed by atoms with E-state index >= 15 is 0 Å². The van der Waals surface area contributed by atoms with Crippen molar-refractivity contribution in [3.05, 3.63) is 23.8 Å². The molecule has 0 radical (unpaired) electrons. The van der Waals surface area contributed by atoms with E-state index in [0.29, 0.717) is 18.0 Å². The van der Waals surface area contributed by atoms with Crippen LogP contribution < -0.4 is 16.4 Å². The Morgan fingerprint density at radius 3 is 3.00 bits per heavy atom. The van der Waals surface area contributed by atoms with Crippen LogP contribution in [-0.2, 0) is 4.74 Å². The molecule has 1 heterocycles. The molecule has 0 saturated carbocycles. The normalized spacial score (nSPS) is 19.0. The minimum Gasteiger partial charge on any atom is -0.397 e. The maximum Gasteiger partial charge on any atom is 0.321 e. The first kappa shape index (κ1) is 11.7. The second kappa shape index (κ2) is 5.05. The standard InChI is InChI=1S/C12H17N3O2/c1-8-4-5-10(9(13)7-8)14-12(16)15-11-3-2-6-17-11/h4-5,7,11H,2-3,6,13H2,1H3,(H2,14,15,16). The fraction of sp³-hybridized carbons (Fsp3) is 0.417. The average Bonchev–Trinajstić information content (AvgIpc) is 2.75. The van der Waals surface area contributed by atoms with Gasteiger partial charge in [0.2, 0.25) is 0 Å². The van der Waals surface area contributed by atoms with Crippen LogP contribution in [-0.4, -0.2) is 18.9 Å². The Morgan fingerprint density at radius 2 is 2.35 bits per heavy atom. The van der Waals surface area contributed by atoms with Crippen LogP contribution in [0.1, 0.15) is 18.4 Å². The maximum absolute atomic E-state index is 11.6. The van der Waals surface area contributed by atoms with Crippen molar-refractivity contribution in [2.24, 2.45) is 0 Å². The molecule has 1 aliphatic heterocycles. The predicted octanol–water partition coefficient (Wildman–Crippen LogP) is 1.84. The highest BCUT2D eigenvalue weighted by molar-refractivity contribution is 5.92. The molecule has 92 valence electrons. The Morgan fingerprint density at radius 1 is 1.53 bits per heavy atom. The Balaban J connectivity index is 1.93. The summed E-state index contributed by atoms with van der Waals surface area (Å²) in [6, 6.07) is 5.23. The molecule has 17 heavy (non-hydrogen) atoms. The molecule has 1 fully saturated rings. The lowest BCUT2D eigenvalue weighted by molar-refractivity contribution is 0.0928. The Labute approximate surface area is 100 Å². The van der Waals surface area contributed by atoms with E-state index in [1.807, 2.05) is 19.1 Å². The van der Waals surface area contributed by atoms with E-state index in [1.54, 1.807) is 6.07 Å². The first-order valence-electron chi connectivity index (χ1n) is 5.70. The summed E-state index contributed by atoms with van der Waals surface area (Å²) in [5.41, 5.74) is 8.05. The number of aryl methyl sites for hydroxylation is 1. The number of ether oxygens (including phenoxy) is 1. The number of urea groups is 1. The number of carbonyl (C=O) groups excluding carboxylic acids is 1. The number of carbonyl (C=O) groups is 1. The second-order valence-electron chi connectivity index (χ2n) is 4.19. The zero-order valence-corrected chi connectivity index (χ0v) is 9.82. The van der Waals surface area contributed by atoms with Crippen molar-refractivity contribution in [1.82, 2.24) is 5.32 Å². The molecule has 2 rings (SSSR count). The summed E-state index contributed by atoms with van der Waals surface area (Å²) in [7, 11) is 0. The third-order valence-corrected chi connectivity index (χ3v) is 2.68. The second-order valence-corrected chi connectivity index (χ2v) is 4.19. The van der Waals surface area contributed by atoms with E-state index in [9.17, 15) is 4.79 Å². The molecular weight excluding hydrogens is 218 g/mol. The van der Waals surface area contributed by atoms with Crippen molar-refractivity contribution in [2.45, 2.75) is 26.0 Å². The highest BCUT2D eigenvalue weighted by Gasteiger charge is 2.17. The maximum atomic E-state index is 11.6. The van der Waals surface area contributed by atoms with E-state index in [-0.39, 0.29) is 12.3 Å². The average molecular weight is 235 g/mol. The van der Waals surface area contributed by atoms with Gasteiger partial charge in [-0.25, -0.2) is 4.79 Å². The lowest BCUT2D eigenvalue weighted by Gasteiger charge is -2.14. The van der Waals surface area contributed by atoms with Gasteiger partial charge in [0.05, 0.1) is 11.4 Å². The van der Waals surface area contributed by atoms with Gasteiger partial charge in [0, 0.05) is 6.61 Å². The van der Waals surface area contributed by atoms with Crippen LogP contribution >= 0.6 is 0 Å². The van der Waals surface area contributed by atoms with Crippen LogP contribution in [0.3, 0.4) is 0 Å². The van der Waals surface area contributed by atoms with Crippen molar-refractivity contribution in [2.75, 3.05) is 17.7 Å². The van der Waals surface area contributed by atoms with Crippen LogP contribution in [0.2, 0.25) is 0 Å². The van der Waals surface area contributed by atoms with Gasteiger partial charge in [0.15, 0.2) is 0 Å². The number of nitrogen functional groups attached to an aromatic ring is 1. The van der Waals surface area contributed by atoms with Crippen molar-refractivity contribution >= 4 is 17.4 Å². The highest BCUT2D eigenvalue weighted by atomic mass is 16.5. The molecule has 0 spiro atoms. The Kier molecular flexibility index (Phi) is 3.49. The van der Waals surface area contributed by atoms with Gasteiger partial charge in [-0.2, -0.15) is 0 Å². The number of anilines is 2. The van der Waals surface area contributed by atoms with E-state index in [2.05, 4.69) is 10.6 Å². The SMILES string of the molecule is Cc1ccc(NC(=O)NC2CCCO2)c(N)c1. The fourth-order valence-corrected chi connectivity index (χ4v) is 1.79. The molecule has 1 unspecified atom stereocenters.